The molecule has 1 aliphatic carbocycles. The Hall–Kier alpha value is -2.97. The molecule has 3 aromatic carbocycles. The molecule has 1 aliphatic rings. The lowest BCUT2D eigenvalue weighted by atomic mass is 9.89. The highest BCUT2D eigenvalue weighted by Gasteiger charge is 2.18. The molecule has 0 bridgehead atoms. The van der Waals surface area contributed by atoms with Gasteiger partial charge in [0.1, 0.15) is 0 Å². The Morgan fingerprint density at radius 3 is 2.55 bits per heavy atom. The largest absolute Gasteiger partial charge is 0.256 e. The minimum atomic E-state index is 1.15. The highest BCUT2D eigenvalue weighted by Crippen LogP contribution is 2.42. The Morgan fingerprint density at radius 2 is 1.62 bits per heavy atom. The monoisotopic (exact) mass is 391 g/mol. The number of fused-ring (bicyclic) bond motifs is 4. The van der Waals surface area contributed by atoms with E-state index in [0.717, 1.165) is 6.42 Å². The van der Waals surface area contributed by atoms with Crippen LogP contribution in [0, 0.1) is 0 Å². The van der Waals surface area contributed by atoms with Gasteiger partial charge in [-0.25, -0.2) is 0 Å². The van der Waals surface area contributed by atoms with Crippen molar-refractivity contribution in [3.8, 4) is 22.4 Å². The molecule has 0 spiro atoms. The van der Waals surface area contributed by atoms with Gasteiger partial charge in [0.05, 0.1) is 5.69 Å². The summed E-state index contributed by atoms with van der Waals surface area (Å²) >= 11 is 1.90. The third-order valence-electron chi connectivity index (χ3n) is 6.13. The molecule has 2 aromatic heterocycles. The Labute approximate surface area is 174 Å². The van der Waals surface area contributed by atoms with Gasteiger partial charge < -0.3 is 0 Å². The summed E-state index contributed by atoms with van der Waals surface area (Å²) < 4.78 is 2.70. The van der Waals surface area contributed by atoms with Crippen molar-refractivity contribution in [2.75, 3.05) is 0 Å². The predicted molar refractivity (Wildman–Crippen MR) is 125 cm³/mol. The second-order valence-electron chi connectivity index (χ2n) is 7.87. The lowest BCUT2D eigenvalue weighted by Crippen LogP contribution is -2.05. The van der Waals surface area contributed by atoms with Gasteiger partial charge in [-0.3, -0.25) is 4.98 Å². The molecule has 0 unspecified atom stereocenters. The maximum atomic E-state index is 4.85. The number of hydrogen-bond donors (Lipinski definition) is 0. The number of aromatic nitrogens is 1. The lowest BCUT2D eigenvalue weighted by molar-refractivity contribution is 0.684. The number of benzene rings is 3. The Bertz CT molecular complexity index is 1350. The van der Waals surface area contributed by atoms with Crippen molar-refractivity contribution in [2.24, 2.45) is 0 Å². The van der Waals surface area contributed by atoms with E-state index in [4.69, 9.17) is 4.98 Å². The van der Waals surface area contributed by atoms with Crippen LogP contribution >= 0.6 is 11.3 Å². The number of hydrogen-bond acceptors (Lipinski definition) is 2. The zero-order chi connectivity index (χ0) is 19.2. The van der Waals surface area contributed by atoms with Crippen molar-refractivity contribution < 1.29 is 0 Å². The number of thiophene rings is 1. The van der Waals surface area contributed by atoms with E-state index in [9.17, 15) is 0 Å². The molecule has 0 N–H and O–H groups in total. The van der Waals surface area contributed by atoms with Gasteiger partial charge >= 0.3 is 0 Å². The van der Waals surface area contributed by atoms with E-state index in [1.165, 1.54) is 72.9 Å². The van der Waals surface area contributed by atoms with E-state index in [-0.39, 0.29) is 0 Å². The van der Waals surface area contributed by atoms with Crippen LogP contribution in [-0.4, -0.2) is 4.98 Å². The van der Waals surface area contributed by atoms with Crippen molar-refractivity contribution in [2.45, 2.75) is 25.7 Å². The molecule has 2 heteroatoms. The van der Waals surface area contributed by atoms with Crippen LogP contribution in [0.3, 0.4) is 0 Å². The molecule has 140 valence electrons. The quantitative estimate of drug-likeness (QED) is 0.301. The smallest absolute Gasteiger partial charge is 0.0751 e. The molecule has 0 atom stereocenters. The molecule has 0 amide bonds. The molecule has 1 nitrogen and oxygen atoms in total. The second-order valence-corrected chi connectivity index (χ2v) is 8.92. The minimum absolute atomic E-state index is 1.15. The second kappa shape index (κ2) is 6.82. The molecule has 0 radical (unpaired) electrons. The van der Waals surface area contributed by atoms with Crippen molar-refractivity contribution in [1.29, 1.82) is 0 Å². The van der Waals surface area contributed by atoms with Crippen LogP contribution in [0.4, 0.5) is 0 Å². The van der Waals surface area contributed by atoms with Crippen molar-refractivity contribution in [3.05, 3.63) is 90.1 Å². The number of pyridine rings is 1. The summed E-state index contributed by atoms with van der Waals surface area (Å²) in [6.45, 7) is 0. The Balaban J connectivity index is 1.59. The standard InChI is InChI=1S/C27H21NS/c1-2-7-18(8-3-1)20-13-14-25-24(17-20)22-11-6-12-23(27(22)29-25)26-21-10-5-4-9-19(21)15-16-28-26/h1-3,6-8,11-17H,4-5,9-10H2. The van der Waals surface area contributed by atoms with Gasteiger partial charge in [-0.1, -0.05) is 54.6 Å². The summed E-state index contributed by atoms with van der Waals surface area (Å²) in [4.78, 5) is 4.85. The fraction of sp³-hybridized carbons (Fsp3) is 0.148. The van der Waals surface area contributed by atoms with Gasteiger partial charge in [-0.2, -0.15) is 0 Å². The third-order valence-corrected chi connectivity index (χ3v) is 7.35. The highest BCUT2D eigenvalue weighted by molar-refractivity contribution is 7.26. The van der Waals surface area contributed by atoms with Crippen LogP contribution in [0.2, 0.25) is 0 Å². The first-order valence-corrected chi connectivity index (χ1v) is 11.2. The predicted octanol–water partition coefficient (Wildman–Crippen LogP) is 7.66. The first kappa shape index (κ1) is 16.9. The summed E-state index contributed by atoms with van der Waals surface area (Å²) in [5.41, 5.74) is 7.99. The molecular weight excluding hydrogens is 370 g/mol. The first-order valence-electron chi connectivity index (χ1n) is 10.4. The molecular formula is C27H21NS. The molecule has 0 saturated heterocycles. The number of rotatable bonds is 2. The summed E-state index contributed by atoms with van der Waals surface area (Å²) in [5, 5.41) is 2.69. The van der Waals surface area contributed by atoms with Crippen molar-refractivity contribution in [3.63, 3.8) is 0 Å². The zero-order valence-electron chi connectivity index (χ0n) is 16.2. The number of aryl methyl sites for hydroxylation is 1. The summed E-state index contributed by atoms with van der Waals surface area (Å²) in [7, 11) is 0. The van der Waals surface area contributed by atoms with Crippen molar-refractivity contribution in [1.82, 2.24) is 4.98 Å². The van der Waals surface area contributed by atoms with E-state index < -0.39 is 0 Å². The Morgan fingerprint density at radius 1 is 0.724 bits per heavy atom. The highest BCUT2D eigenvalue weighted by atomic mass is 32.1. The zero-order valence-corrected chi connectivity index (χ0v) is 17.0. The molecule has 5 aromatic rings. The molecule has 0 saturated carbocycles. The maximum Gasteiger partial charge on any atom is 0.0751 e. The molecule has 0 fully saturated rings. The van der Waals surface area contributed by atoms with Gasteiger partial charge in [-0.05, 0) is 66.1 Å². The summed E-state index contributed by atoms with van der Waals surface area (Å²) in [6, 6.07) is 26.5. The van der Waals surface area contributed by atoms with E-state index in [0.29, 0.717) is 0 Å². The van der Waals surface area contributed by atoms with Gasteiger partial charge in [0.25, 0.3) is 0 Å². The third kappa shape index (κ3) is 2.79. The summed E-state index contributed by atoms with van der Waals surface area (Å²) in [5.74, 6) is 0. The van der Waals surface area contributed by atoms with Gasteiger partial charge in [0.2, 0.25) is 0 Å². The number of nitrogens with zero attached hydrogens (tertiary/aromatic N) is 1. The topological polar surface area (TPSA) is 12.9 Å². The normalized spacial score (nSPS) is 13.7. The average Bonchev–Trinajstić information content (AvgIpc) is 3.17. The first-order chi connectivity index (χ1) is 14.4. The fourth-order valence-electron chi connectivity index (χ4n) is 4.69. The molecule has 0 aliphatic heterocycles. The SMILES string of the molecule is c1ccc(-c2ccc3sc4c(-c5nccc6c5CCCC6)cccc4c3c2)cc1. The van der Waals surface area contributed by atoms with Crippen LogP contribution in [0.15, 0.2) is 79.0 Å². The summed E-state index contributed by atoms with van der Waals surface area (Å²) in [6.07, 6.45) is 6.91. The van der Waals surface area contributed by atoms with Crippen LogP contribution in [0.1, 0.15) is 24.0 Å². The van der Waals surface area contributed by atoms with E-state index in [1.54, 1.807) is 0 Å². The van der Waals surface area contributed by atoms with Crippen LogP contribution in [0.5, 0.6) is 0 Å². The van der Waals surface area contributed by atoms with Gasteiger partial charge in [0, 0.05) is 31.9 Å². The molecule has 6 rings (SSSR count). The van der Waals surface area contributed by atoms with Gasteiger partial charge in [0.15, 0.2) is 0 Å². The minimum Gasteiger partial charge on any atom is -0.256 e. The molecule has 29 heavy (non-hydrogen) atoms. The maximum absolute atomic E-state index is 4.85. The van der Waals surface area contributed by atoms with E-state index in [1.807, 2.05) is 17.5 Å². The van der Waals surface area contributed by atoms with E-state index >= 15 is 0 Å². The van der Waals surface area contributed by atoms with E-state index in [2.05, 4.69) is 72.8 Å². The van der Waals surface area contributed by atoms with Crippen LogP contribution in [-0.2, 0) is 12.8 Å². The Kier molecular flexibility index (Phi) is 3.98. The average molecular weight is 392 g/mol. The van der Waals surface area contributed by atoms with Gasteiger partial charge in [-0.15, -0.1) is 11.3 Å². The van der Waals surface area contributed by atoms with Crippen LogP contribution < -0.4 is 0 Å². The fourth-order valence-corrected chi connectivity index (χ4v) is 5.89. The van der Waals surface area contributed by atoms with Crippen molar-refractivity contribution >= 4 is 31.5 Å². The van der Waals surface area contributed by atoms with Crippen LogP contribution in [0.25, 0.3) is 42.6 Å². The lowest BCUT2D eigenvalue weighted by Gasteiger charge is -2.18. The molecule has 2 heterocycles.